The molecule has 0 fully saturated rings. The molecule has 0 saturated heterocycles. The number of rotatable bonds is 2. The molecule has 3 rings (SSSR count). The van der Waals surface area contributed by atoms with Crippen molar-refractivity contribution in [2.75, 3.05) is 18.5 Å². The van der Waals surface area contributed by atoms with Gasteiger partial charge in [-0.3, -0.25) is 4.79 Å². The minimum absolute atomic E-state index is 0.0101. The Morgan fingerprint density at radius 3 is 3.12 bits per heavy atom. The Morgan fingerprint density at radius 1 is 1.35 bits per heavy atom. The topological polar surface area (TPSA) is 38.3 Å². The zero-order valence-electron chi connectivity index (χ0n) is 9.66. The van der Waals surface area contributed by atoms with Crippen LogP contribution in [-0.4, -0.2) is 18.9 Å². The molecule has 3 nitrogen and oxygen atoms in total. The first kappa shape index (κ1) is 10.4. The standard InChI is InChI=1S/C14H15NO2/c16-14(13-4-2-8-17-13)11-5-6-12-10(9-11)3-1-7-15-12/h4-6,9,15H,1-3,7-8H2. The van der Waals surface area contributed by atoms with Gasteiger partial charge in [-0.05, 0) is 42.7 Å². The van der Waals surface area contributed by atoms with E-state index in [9.17, 15) is 4.79 Å². The van der Waals surface area contributed by atoms with Crippen LogP contribution in [0, 0.1) is 0 Å². The van der Waals surface area contributed by atoms with Crippen molar-refractivity contribution in [1.29, 1.82) is 0 Å². The highest BCUT2D eigenvalue weighted by Gasteiger charge is 2.18. The van der Waals surface area contributed by atoms with Crippen LogP contribution in [-0.2, 0) is 11.2 Å². The van der Waals surface area contributed by atoms with Gasteiger partial charge in [0.2, 0.25) is 5.78 Å². The van der Waals surface area contributed by atoms with Crippen LogP contribution in [0.15, 0.2) is 30.0 Å². The van der Waals surface area contributed by atoms with E-state index in [-0.39, 0.29) is 5.78 Å². The number of hydrogen-bond donors (Lipinski definition) is 1. The molecule has 0 saturated carbocycles. The highest BCUT2D eigenvalue weighted by atomic mass is 16.5. The number of anilines is 1. The number of ether oxygens (including phenoxy) is 1. The average Bonchev–Trinajstić information content (AvgIpc) is 2.91. The summed E-state index contributed by atoms with van der Waals surface area (Å²) >= 11 is 0. The van der Waals surface area contributed by atoms with Gasteiger partial charge in [-0.25, -0.2) is 0 Å². The number of aryl methyl sites for hydroxylation is 1. The van der Waals surface area contributed by atoms with E-state index < -0.39 is 0 Å². The smallest absolute Gasteiger partial charge is 0.227 e. The van der Waals surface area contributed by atoms with Crippen LogP contribution >= 0.6 is 0 Å². The van der Waals surface area contributed by atoms with Gasteiger partial charge in [-0.1, -0.05) is 0 Å². The number of carbonyl (C=O) groups is 1. The molecule has 0 radical (unpaired) electrons. The van der Waals surface area contributed by atoms with Crippen LogP contribution < -0.4 is 5.32 Å². The lowest BCUT2D eigenvalue weighted by Crippen LogP contribution is -2.13. The van der Waals surface area contributed by atoms with Crippen molar-refractivity contribution < 1.29 is 9.53 Å². The van der Waals surface area contributed by atoms with Crippen LogP contribution in [0.1, 0.15) is 28.8 Å². The molecule has 1 N–H and O–H groups in total. The van der Waals surface area contributed by atoms with Crippen LogP contribution in [0.4, 0.5) is 5.69 Å². The van der Waals surface area contributed by atoms with Gasteiger partial charge in [0.1, 0.15) is 0 Å². The second kappa shape index (κ2) is 4.24. The van der Waals surface area contributed by atoms with E-state index >= 15 is 0 Å². The summed E-state index contributed by atoms with van der Waals surface area (Å²) in [5.74, 6) is 0.518. The van der Waals surface area contributed by atoms with Crippen LogP contribution in [0.5, 0.6) is 0 Å². The minimum atomic E-state index is 0.0101. The zero-order chi connectivity index (χ0) is 11.7. The fourth-order valence-electron chi connectivity index (χ4n) is 2.33. The van der Waals surface area contributed by atoms with Crippen molar-refractivity contribution in [3.8, 4) is 0 Å². The molecule has 0 spiro atoms. The number of allylic oxidation sites excluding steroid dienone is 1. The van der Waals surface area contributed by atoms with Gasteiger partial charge >= 0.3 is 0 Å². The third-order valence-corrected chi connectivity index (χ3v) is 3.23. The maximum absolute atomic E-state index is 12.1. The summed E-state index contributed by atoms with van der Waals surface area (Å²) in [7, 11) is 0. The zero-order valence-corrected chi connectivity index (χ0v) is 9.66. The monoisotopic (exact) mass is 229 g/mol. The Balaban J connectivity index is 1.90. The molecule has 1 aromatic carbocycles. The van der Waals surface area contributed by atoms with Crippen LogP contribution in [0.25, 0.3) is 0 Å². The number of Topliss-reactive ketones (excluding diaryl/α,β-unsaturated/α-hetero) is 1. The van der Waals surface area contributed by atoms with Gasteiger partial charge in [0, 0.05) is 24.2 Å². The Bertz CT molecular complexity index is 491. The number of fused-ring (bicyclic) bond motifs is 1. The van der Waals surface area contributed by atoms with Gasteiger partial charge in [0.05, 0.1) is 6.61 Å². The van der Waals surface area contributed by atoms with Gasteiger partial charge in [0.25, 0.3) is 0 Å². The van der Waals surface area contributed by atoms with Gasteiger partial charge in [-0.2, -0.15) is 0 Å². The Morgan fingerprint density at radius 2 is 2.29 bits per heavy atom. The molecule has 0 bridgehead atoms. The van der Waals surface area contributed by atoms with Gasteiger partial charge in [0.15, 0.2) is 5.76 Å². The largest absolute Gasteiger partial charge is 0.489 e. The minimum Gasteiger partial charge on any atom is -0.489 e. The molecule has 3 heteroatoms. The Hall–Kier alpha value is -1.77. The van der Waals surface area contributed by atoms with Gasteiger partial charge in [-0.15, -0.1) is 0 Å². The van der Waals surface area contributed by atoms with E-state index in [1.165, 1.54) is 5.56 Å². The predicted octanol–water partition coefficient (Wildman–Crippen LogP) is 2.53. The van der Waals surface area contributed by atoms with E-state index in [0.29, 0.717) is 12.4 Å². The Labute approximate surface area is 100 Å². The number of ketones is 1. The molecule has 0 aliphatic carbocycles. The lowest BCUT2D eigenvalue weighted by Gasteiger charge is -2.18. The van der Waals surface area contributed by atoms with E-state index in [0.717, 1.165) is 37.1 Å². The second-order valence-corrected chi connectivity index (χ2v) is 4.44. The van der Waals surface area contributed by atoms with E-state index in [1.807, 2.05) is 24.3 Å². The molecular formula is C14H15NO2. The lowest BCUT2D eigenvalue weighted by atomic mass is 9.98. The summed E-state index contributed by atoms with van der Waals surface area (Å²) in [4.78, 5) is 12.1. The summed E-state index contributed by atoms with van der Waals surface area (Å²) in [5, 5.41) is 3.34. The second-order valence-electron chi connectivity index (χ2n) is 4.44. The SMILES string of the molecule is O=C(C1=CCCO1)c1ccc2c(c1)CCCN2. The van der Waals surface area contributed by atoms with E-state index in [2.05, 4.69) is 5.32 Å². The van der Waals surface area contributed by atoms with Crippen LogP contribution in [0.2, 0.25) is 0 Å². The average molecular weight is 229 g/mol. The number of nitrogens with one attached hydrogen (secondary N) is 1. The first-order valence-electron chi connectivity index (χ1n) is 6.09. The van der Waals surface area contributed by atoms with Crippen LogP contribution in [0.3, 0.4) is 0 Å². The third kappa shape index (κ3) is 1.93. The first-order chi connectivity index (χ1) is 8.34. The summed E-state index contributed by atoms with van der Waals surface area (Å²) < 4.78 is 5.31. The van der Waals surface area contributed by atoms with Crippen molar-refractivity contribution in [3.63, 3.8) is 0 Å². The summed E-state index contributed by atoms with van der Waals surface area (Å²) in [6, 6.07) is 5.87. The van der Waals surface area contributed by atoms with Gasteiger partial charge < -0.3 is 10.1 Å². The van der Waals surface area contributed by atoms with Crippen molar-refractivity contribution in [2.24, 2.45) is 0 Å². The third-order valence-electron chi connectivity index (χ3n) is 3.23. The number of hydrogen-bond acceptors (Lipinski definition) is 3. The van der Waals surface area contributed by atoms with Crippen molar-refractivity contribution in [3.05, 3.63) is 41.2 Å². The summed E-state index contributed by atoms with van der Waals surface area (Å²) in [6.07, 6.45) is 4.89. The molecule has 0 aromatic heterocycles. The quantitative estimate of drug-likeness (QED) is 0.792. The molecule has 2 aliphatic heterocycles. The maximum Gasteiger partial charge on any atom is 0.227 e. The van der Waals surface area contributed by atoms with E-state index in [4.69, 9.17) is 4.74 Å². The summed E-state index contributed by atoms with van der Waals surface area (Å²) in [6.45, 7) is 1.65. The normalized spacial score (nSPS) is 17.8. The van der Waals surface area contributed by atoms with Crippen molar-refractivity contribution >= 4 is 11.5 Å². The maximum atomic E-state index is 12.1. The van der Waals surface area contributed by atoms with Crippen molar-refractivity contribution in [2.45, 2.75) is 19.3 Å². The Kier molecular flexibility index (Phi) is 2.59. The fourth-order valence-corrected chi connectivity index (χ4v) is 2.33. The molecule has 17 heavy (non-hydrogen) atoms. The first-order valence-corrected chi connectivity index (χ1v) is 6.09. The highest BCUT2D eigenvalue weighted by Crippen LogP contribution is 2.25. The highest BCUT2D eigenvalue weighted by molar-refractivity contribution is 6.07. The number of benzene rings is 1. The fraction of sp³-hybridized carbons (Fsp3) is 0.357. The molecular weight excluding hydrogens is 214 g/mol. The molecule has 88 valence electrons. The molecule has 0 unspecified atom stereocenters. The molecule has 2 heterocycles. The number of carbonyl (C=O) groups excluding carboxylic acids is 1. The molecule has 0 amide bonds. The predicted molar refractivity (Wildman–Crippen MR) is 66.2 cm³/mol. The molecule has 0 atom stereocenters. The molecule has 2 aliphatic rings. The molecule has 1 aromatic rings. The lowest BCUT2D eigenvalue weighted by molar-refractivity contribution is 0.0942. The van der Waals surface area contributed by atoms with Crippen molar-refractivity contribution in [1.82, 2.24) is 0 Å². The summed E-state index contributed by atoms with van der Waals surface area (Å²) in [5.41, 5.74) is 3.13. The van der Waals surface area contributed by atoms with E-state index in [1.54, 1.807) is 0 Å².